The van der Waals surface area contributed by atoms with Crippen LogP contribution in [0.4, 0.5) is 13.2 Å². The number of carbonyl (C=O) groups is 3. The summed E-state index contributed by atoms with van der Waals surface area (Å²) in [6.07, 6.45) is -7.78. The molecule has 132 valence electrons. The third-order valence-electron chi connectivity index (χ3n) is 3.73. The second-order valence-corrected chi connectivity index (χ2v) is 5.52. The number of hydrogen-bond donors (Lipinski definition) is 1. The second-order valence-electron chi connectivity index (χ2n) is 5.52. The quantitative estimate of drug-likeness (QED) is 0.646. The van der Waals surface area contributed by atoms with Crippen molar-refractivity contribution in [2.24, 2.45) is 0 Å². The average molecular weight is 355 g/mol. The molecular formula is C16H12F3NO5. The van der Waals surface area contributed by atoms with Gasteiger partial charge in [-0.3, -0.25) is 14.9 Å². The van der Waals surface area contributed by atoms with Gasteiger partial charge in [0.05, 0.1) is 5.57 Å². The normalized spacial score (nSPS) is 23.1. The van der Waals surface area contributed by atoms with Crippen molar-refractivity contribution in [3.05, 3.63) is 35.4 Å². The van der Waals surface area contributed by atoms with E-state index in [1.165, 1.54) is 18.2 Å². The summed E-state index contributed by atoms with van der Waals surface area (Å²) in [7, 11) is 0. The summed E-state index contributed by atoms with van der Waals surface area (Å²) in [4.78, 5) is 34.9. The number of alkyl halides is 3. The number of para-hydroxylation sites is 1. The van der Waals surface area contributed by atoms with Crippen LogP contribution < -0.4 is 10.1 Å². The highest BCUT2D eigenvalue weighted by atomic mass is 19.4. The van der Waals surface area contributed by atoms with Gasteiger partial charge >= 0.3 is 12.1 Å². The number of imide groups is 1. The van der Waals surface area contributed by atoms with Gasteiger partial charge in [-0.15, -0.1) is 0 Å². The van der Waals surface area contributed by atoms with Crippen LogP contribution in [-0.4, -0.2) is 36.2 Å². The summed E-state index contributed by atoms with van der Waals surface area (Å²) in [6.45, 7) is 0. The Morgan fingerprint density at radius 3 is 2.64 bits per heavy atom. The molecule has 9 heteroatoms. The highest BCUT2D eigenvalue weighted by molar-refractivity contribution is 6.02. The zero-order valence-corrected chi connectivity index (χ0v) is 12.6. The van der Waals surface area contributed by atoms with E-state index in [0.717, 1.165) is 6.08 Å². The molecule has 0 aromatic heterocycles. The number of hydrogen-bond acceptors (Lipinski definition) is 5. The molecule has 1 aromatic rings. The fraction of sp³-hybridized carbons (Fsp3) is 0.312. The standard InChI is InChI=1S/C16H12F3NO5/c17-16(18,19)13-9(7-8-3-1-2-4-10(8)24-13)15(23)25-11-5-6-12(21)20-14(11)22/h1-4,7,11,13H,5-6H2,(H,20,21,22). The molecule has 1 saturated heterocycles. The third-order valence-corrected chi connectivity index (χ3v) is 3.73. The zero-order chi connectivity index (χ0) is 18.2. The Balaban J connectivity index is 1.87. The highest BCUT2D eigenvalue weighted by Crippen LogP contribution is 2.37. The predicted molar refractivity (Wildman–Crippen MR) is 77.2 cm³/mol. The Morgan fingerprint density at radius 2 is 1.96 bits per heavy atom. The maximum atomic E-state index is 13.3. The molecule has 1 fully saturated rings. The summed E-state index contributed by atoms with van der Waals surface area (Å²) < 4.78 is 49.6. The summed E-state index contributed by atoms with van der Waals surface area (Å²) in [5.41, 5.74) is -0.464. The maximum Gasteiger partial charge on any atom is 0.430 e. The number of benzene rings is 1. The molecule has 2 heterocycles. The first-order chi connectivity index (χ1) is 11.8. The first kappa shape index (κ1) is 17.0. The van der Waals surface area contributed by atoms with Gasteiger partial charge in [-0.05, 0) is 12.1 Å². The second kappa shape index (κ2) is 6.23. The lowest BCUT2D eigenvalue weighted by molar-refractivity contribution is -0.189. The van der Waals surface area contributed by atoms with Crippen molar-refractivity contribution in [1.29, 1.82) is 0 Å². The molecule has 1 aromatic carbocycles. The average Bonchev–Trinajstić information content (AvgIpc) is 2.55. The number of carbonyl (C=O) groups excluding carboxylic acids is 3. The first-order valence-corrected chi connectivity index (χ1v) is 7.34. The largest absolute Gasteiger partial charge is 0.475 e. The van der Waals surface area contributed by atoms with Crippen LogP contribution in [0.1, 0.15) is 18.4 Å². The van der Waals surface area contributed by atoms with Crippen LogP contribution in [0.25, 0.3) is 6.08 Å². The van der Waals surface area contributed by atoms with Gasteiger partial charge in [0.25, 0.3) is 5.91 Å². The number of esters is 1. The van der Waals surface area contributed by atoms with Crippen molar-refractivity contribution in [2.45, 2.75) is 31.2 Å². The fourth-order valence-corrected chi connectivity index (χ4v) is 2.53. The van der Waals surface area contributed by atoms with Gasteiger partial charge in [0.2, 0.25) is 12.0 Å². The van der Waals surface area contributed by atoms with Gasteiger partial charge in [0.15, 0.2) is 6.10 Å². The topological polar surface area (TPSA) is 81.7 Å². The van der Waals surface area contributed by atoms with Gasteiger partial charge in [0, 0.05) is 18.4 Å². The maximum absolute atomic E-state index is 13.3. The molecule has 0 radical (unpaired) electrons. The molecule has 2 atom stereocenters. The lowest BCUT2D eigenvalue weighted by atomic mass is 10.0. The van der Waals surface area contributed by atoms with Crippen molar-refractivity contribution in [3.63, 3.8) is 0 Å². The van der Waals surface area contributed by atoms with Crippen LogP contribution >= 0.6 is 0 Å². The Hall–Kier alpha value is -2.84. The fourth-order valence-electron chi connectivity index (χ4n) is 2.53. The Bertz CT molecular complexity index is 771. The number of amides is 2. The van der Waals surface area contributed by atoms with E-state index in [-0.39, 0.29) is 18.6 Å². The van der Waals surface area contributed by atoms with E-state index in [2.05, 4.69) is 0 Å². The van der Waals surface area contributed by atoms with E-state index in [9.17, 15) is 27.6 Å². The predicted octanol–water partition coefficient (Wildman–Crippen LogP) is 1.74. The molecule has 0 aliphatic carbocycles. The van der Waals surface area contributed by atoms with Crippen LogP contribution in [0.5, 0.6) is 5.75 Å². The summed E-state index contributed by atoms with van der Waals surface area (Å²) in [6, 6.07) is 5.93. The minimum Gasteiger partial charge on any atom is -0.475 e. The van der Waals surface area contributed by atoms with Gasteiger partial charge < -0.3 is 9.47 Å². The van der Waals surface area contributed by atoms with E-state index in [1.807, 2.05) is 5.32 Å². The molecule has 3 rings (SSSR count). The molecule has 2 aliphatic rings. The van der Waals surface area contributed by atoms with E-state index >= 15 is 0 Å². The molecule has 25 heavy (non-hydrogen) atoms. The smallest absolute Gasteiger partial charge is 0.430 e. The first-order valence-electron chi connectivity index (χ1n) is 7.34. The van der Waals surface area contributed by atoms with E-state index in [0.29, 0.717) is 5.56 Å². The van der Waals surface area contributed by atoms with Gasteiger partial charge in [-0.1, -0.05) is 18.2 Å². The van der Waals surface area contributed by atoms with Crippen molar-refractivity contribution in [1.82, 2.24) is 5.32 Å². The van der Waals surface area contributed by atoms with Crippen molar-refractivity contribution >= 4 is 23.9 Å². The lowest BCUT2D eigenvalue weighted by Gasteiger charge is -2.29. The number of piperidine rings is 1. The Morgan fingerprint density at radius 1 is 1.24 bits per heavy atom. The number of ether oxygens (including phenoxy) is 2. The molecule has 0 spiro atoms. The molecule has 2 aliphatic heterocycles. The van der Waals surface area contributed by atoms with Crippen LogP contribution in [0.2, 0.25) is 0 Å². The van der Waals surface area contributed by atoms with Gasteiger partial charge in [-0.25, -0.2) is 4.79 Å². The van der Waals surface area contributed by atoms with Crippen molar-refractivity contribution in [2.75, 3.05) is 0 Å². The number of nitrogens with one attached hydrogen (secondary N) is 1. The SMILES string of the molecule is O=C1CCC(OC(=O)C2=Cc3ccccc3OC2C(F)(F)F)C(=O)N1. The monoisotopic (exact) mass is 355 g/mol. The highest BCUT2D eigenvalue weighted by Gasteiger charge is 2.49. The van der Waals surface area contributed by atoms with Gasteiger partial charge in [0.1, 0.15) is 5.75 Å². The molecule has 1 N–H and O–H groups in total. The van der Waals surface area contributed by atoms with E-state index in [4.69, 9.17) is 9.47 Å². The summed E-state index contributed by atoms with van der Waals surface area (Å²) >= 11 is 0. The molecule has 2 unspecified atom stereocenters. The summed E-state index contributed by atoms with van der Waals surface area (Å²) in [5, 5.41) is 1.97. The van der Waals surface area contributed by atoms with Crippen LogP contribution in [-0.2, 0) is 19.1 Å². The zero-order valence-electron chi connectivity index (χ0n) is 12.6. The Labute approximate surface area is 139 Å². The van der Waals surface area contributed by atoms with E-state index < -0.39 is 41.7 Å². The number of rotatable bonds is 2. The molecule has 6 nitrogen and oxygen atoms in total. The molecule has 0 saturated carbocycles. The van der Waals surface area contributed by atoms with Crippen LogP contribution in [0.15, 0.2) is 29.8 Å². The summed E-state index contributed by atoms with van der Waals surface area (Å²) in [5.74, 6) is -2.71. The third kappa shape index (κ3) is 3.49. The number of fused-ring (bicyclic) bond motifs is 1. The van der Waals surface area contributed by atoms with E-state index in [1.54, 1.807) is 6.07 Å². The minimum atomic E-state index is -4.84. The van der Waals surface area contributed by atoms with Gasteiger partial charge in [-0.2, -0.15) is 13.2 Å². The minimum absolute atomic E-state index is 0.0117. The Kier molecular flexibility index (Phi) is 4.23. The molecular weight excluding hydrogens is 343 g/mol. The number of halogens is 3. The molecule has 2 amide bonds. The van der Waals surface area contributed by atoms with Crippen LogP contribution in [0.3, 0.4) is 0 Å². The lowest BCUT2D eigenvalue weighted by Crippen LogP contribution is -2.47. The molecule has 0 bridgehead atoms. The van der Waals surface area contributed by atoms with Crippen LogP contribution in [0, 0.1) is 0 Å². The van der Waals surface area contributed by atoms with Crippen molar-refractivity contribution in [3.8, 4) is 5.75 Å². The van der Waals surface area contributed by atoms with Crippen molar-refractivity contribution < 1.29 is 37.0 Å².